The van der Waals surface area contributed by atoms with Crippen LogP contribution in [0, 0.1) is 0 Å². The van der Waals surface area contributed by atoms with E-state index in [9.17, 15) is 0 Å². The van der Waals surface area contributed by atoms with E-state index in [1.165, 1.54) is 17.8 Å². The number of fused-ring (bicyclic) bond motifs is 1. The molecule has 1 fully saturated rings. The lowest BCUT2D eigenvalue weighted by atomic mass is 10.2. The van der Waals surface area contributed by atoms with Gasteiger partial charge in [-0.1, -0.05) is 12.1 Å². The summed E-state index contributed by atoms with van der Waals surface area (Å²) in [5.74, 6) is 0. The van der Waals surface area contributed by atoms with Crippen molar-refractivity contribution >= 4 is 23.8 Å². The summed E-state index contributed by atoms with van der Waals surface area (Å²) in [6, 6.07) is 8.65. The molecule has 0 saturated carbocycles. The largest absolute Gasteiger partial charge is 0.383 e. The highest BCUT2D eigenvalue weighted by Gasteiger charge is 2.16. The fourth-order valence-electron chi connectivity index (χ4n) is 2.83. The summed E-state index contributed by atoms with van der Waals surface area (Å²) >= 11 is 0. The molecule has 2 aliphatic rings. The first-order valence-corrected chi connectivity index (χ1v) is 7.31. The van der Waals surface area contributed by atoms with Gasteiger partial charge >= 0.3 is 0 Å². The van der Waals surface area contributed by atoms with Crippen molar-refractivity contribution in [2.75, 3.05) is 62.7 Å². The van der Waals surface area contributed by atoms with Gasteiger partial charge in [0.25, 0.3) is 0 Å². The van der Waals surface area contributed by atoms with E-state index in [-0.39, 0.29) is 12.4 Å². The minimum absolute atomic E-state index is 0. The summed E-state index contributed by atoms with van der Waals surface area (Å²) in [6.07, 6.45) is 1.21. The molecule has 0 radical (unpaired) electrons. The first-order chi connectivity index (χ1) is 9.43. The number of nitrogens with one attached hydrogen (secondary N) is 1. The number of nitrogens with zero attached hydrogens (tertiary/aromatic N) is 2. The van der Waals surface area contributed by atoms with Gasteiger partial charge < -0.3 is 15.0 Å². The van der Waals surface area contributed by atoms with Crippen molar-refractivity contribution in [2.45, 2.75) is 6.42 Å². The molecule has 112 valence electrons. The van der Waals surface area contributed by atoms with E-state index in [4.69, 9.17) is 4.74 Å². The monoisotopic (exact) mass is 297 g/mol. The van der Waals surface area contributed by atoms with Gasteiger partial charge in [0.05, 0.1) is 24.6 Å². The van der Waals surface area contributed by atoms with Crippen LogP contribution >= 0.6 is 12.4 Å². The topological polar surface area (TPSA) is 27.7 Å². The maximum absolute atomic E-state index is 5.40. The molecular weight excluding hydrogens is 274 g/mol. The van der Waals surface area contributed by atoms with Gasteiger partial charge in [0.2, 0.25) is 0 Å². The third-order valence-corrected chi connectivity index (χ3v) is 3.95. The van der Waals surface area contributed by atoms with Gasteiger partial charge in [-0.25, -0.2) is 0 Å². The molecule has 0 amide bonds. The van der Waals surface area contributed by atoms with Gasteiger partial charge in [0.15, 0.2) is 0 Å². The average molecular weight is 298 g/mol. The molecule has 0 bridgehead atoms. The second-order valence-corrected chi connectivity index (χ2v) is 5.24. The number of morpholine rings is 1. The fourth-order valence-corrected chi connectivity index (χ4v) is 2.83. The smallest absolute Gasteiger partial charge is 0.0602 e. The molecule has 1 aromatic carbocycles. The second-order valence-electron chi connectivity index (χ2n) is 5.24. The van der Waals surface area contributed by atoms with E-state index in [1.54, 1.807) is 0 Å². The van der Waals surface area contributed by atoms with E-state index in [0.717, 1.165) is 52.5 Å². The molecule has 0 atom stereocenters. The predicted molar refractivity (Wildman–Crippen MR) is 86.3 cm³/mol. The standard InChI is InChI=1S/C15H23N3O.ClH/c1-2-5-15-14(4-1)16-6-3-7-18(15)9-8-17-10-12-19-13-11-17;/h1-2,4-5,16H,3,6-13H2;1H. The lowest BCUT2D eigenvalue weighted by molar-refractivity contribution is 0.0392. The maximum atomic E-state index is 5.40. The number of ether oxygens (including phenoxy) is 1. The quantitative estimate of drug-likeness (QED) is 0.924. The number of hydrogen-bond acceptors (Lipinski definition) is 4. The Hall–Kier alpha value is -0.970. The molecular formula is C15H24ClN3O. The molecule has 0 spiro atoms. The van der Waals surface area contributed by atoms with Gasteiger partial charge in [-0.15, -0.1) is 12.4 Å². The van der Waals surface area contributed by atoms with Crippen molar-refractivity contribution in [1.29, 1.82) is 0 Å². The van der Waals surface area contributed by atoms with Crippen molar-refractivity contribution in [2.24, 2.45) is 0 Å². The molecule has 2 heterocycles. The van der Waals surface area contributed by atoms with Crippen LogP contribution in [-0.2, 0) is 4.74 Å². The average Bonchev–Trinajstić information content (AvgIpc) is 2.68. The summed E-state index contributed by atoms with van der Waals surface area (Å²) in [6.45, 7) is 8.40. The number of anilines is 2. The Morgan fingerprint density at radius 3 is 2.70 bits per heavy atom. The Morgan fingerprint density at radius 2 is 1.85 bits per heavy atom. The van der Waals surface area contributed by atoms with E-state index in [2.05, 4.69) is 39.4 Å². The van der Waals surface area contributed by atoms with Crippen LogP contribution in [0.25, 0.3) is 0 Å². The highest BCUT2D eigenvalue weighted by molar-refractivity contribution is 5.85. The Balaban J connectivity index is 0.00000147. The Morgan fingerprint density at radius 1 is 1.05 bits per heavy atom. The van der Waals surface area contributed by atoms with E-state index in [0.29, 0.717) is 0 Å². The lowest BCUT2D eigenvalue weighted by Gasteiger charge is -2.31. The highest BCUT2D eigenvalue weighted by Crippen LogP contribution is 2.27. The van der Waals surface area contributed by atoms with Crippen molar-refractivity contribution in [1.82, 2.24) is 4.90 Å². The summed E-state index contributed by atoms with van der Waals surface area (Å²) in [5, 5.41) is 3.52. The van der Waals surface area contributed by atoms with Crippen LogP contribution in [0.15, 0.2) is 24.3 Å². The molecule has 3 rings (SSSR count). The van der Waals surface area contributed by atoms with Crippen LogP contribution in [0.4, 0.5) is 11.4 Å². The zero-order valence-corrected chi connectivity index (χ0v) is 12.7. The van der Waals surface area contributed by atoms with E-state index >= 15 is 0 Å². The van der Waals surface area contributed by atoms with Gasteiger partial charge in [-0.2, -0.15) is 0 Å². The molecule has 2 aliphatic heterocycles. The third kappa shape index (κ3) is 3.78. The summed E-state index contributed by atoms with van der Waals surface area (Å²) in [7, 11) is 0. The molecule has 5 heteroatoms. The minimum Gasteiger partial charge on any atom is -0.383 e. The zero-order chi connectivity index (χ0) is 12.9. The SMILES string of the molecule is Cl.c1ccc2c(c1)NCCCN2CCN1CCOCC1. The number of halogens is 1. The van der Waals surface area contributed by atoms with Crippen LogP contribution in [0.2, 0.25) is 0 Å². The Bertz CT molecular complexity index is 410. The van der Waals surface area contributed by atoms with Gasteiger partial charge in [-0.3, -0.25) is 4.90 Å². The van der Waals surface area contributed by atoms with Crippen LogP contribution in [0.3, 0.4) is 0 Å². The normalized spacial score (nSPS) is 19.5. The zero-order valence-electron chi connectivity index (χ0n) is 11.9. The van der Waals surface area contributed by atoms with Crippen LogP contribution in [-0.4, -0.2) is 57.4 Å². The first kappa shape index (κ1) is 15.4. The van der Waals surface area contributed by atoms with Crippen LogP contribution in [0.1, 0.15) is 6.42 Å². The fraction of sp³-hybridized carbons (Fsp3) is 0.600. The van der Waals surface area contributed by atoms with Gasteiger partial charge in [0.1, 0.15) is 0 Å². The Labute approximate surface area is 127 Å². The molecule has 1 N–H and O–H groups in total. The molecule has 0 aliphatic carbocycles. The van der Waals surface area contributed by atoms with Crippen LogP contribution in [0.5, 0.6) is 0 Å². The summed E-state index contributed by atoms with van der Waals surface area (Å²) < 4.78 is 5.40. The van der Waals surface area contributed by atoms with Crippen molar-refractivity contribution in [3.63, 3.8) is 0 Å². The highest BCUT2D eigenvalue weighted by atomic mass is 35.5. The number of hydrogen-bond donors (Lipinski definition) is 1. The molecule has 1 aromatic rings. The second kappa shape index (κ2) is 7.72. The van der Waals surface area contributed by atoms with Gasteiger partial charge in [0, 0.05) is 39.3 Å². The van der Waals surface area contributed by atoms with Crippen molar-refractivity contribution in [3.05, 3.63) is 24.3 Å². The predicted octanol–water partition coefficient (Wildman–Crippen LogP) is 2.06. The van der Waals surface area contributed by atoms with Crippen molar-refractivity contribution < 1.29 is 4.74 Å². The first-order valence-electron chi connectivity index (χ1n) is 7.31. The molecule has 20 heavy (non-hydrogen) atoms. The third-order valence-electron chi connectivity index (χ3n) is 3.95. The molecule has 0 unspecified atom stereocenters. The summed E-state index contributed by atoms with van der Waals surface area (Å²) in [5.41, 5.74) is 2.63. The molecule has 1 saturated heterocycles. The lowest BCUT2D eigenvalue weighted by Crippen LogP contribution is -2.41. The number of rotatable bonds is 3. The minimum atomic E-state index is 0. The van der Waals surface area contributed by atoms with Crippen molar-refractivity contribution in [3.8, 4) is 0 Å². The van der Waals surface area contributed by atoms with Gasteiger partial charge in [-0.05, 0) is 18.6 Å². The van der Waals surface area contributed by atoms with E-state index < -0.39 is 0 Å². The molecule has 0 aromatic heterocycles. The Kier molecular flexibility index (Phi) is 5.95. The van der Waals surface area contributed by atoms with E-state index in [1.807, 2.05) is 0 Å². The number of benzene rings is 1. The summed E-state index contributed by atoms with van der Waals surface area (Å²) in [4.78, 5) is 5.02. The molecule has 4 nitrogen and oxygen atoms in total. The number of para-hydroxylation sites is 2. The van der Waals surface area contributed by atoms with Crippen LogP contribution < -0.4 is 10.2 Å². The maximum Gasteiger partial charge on any atom is 0.0602 e.